The molecule has 2 aromatic rings. The molecule has 0 amide bonds. The molecule has 0 bridgehead atoms. The second-order valence-electron chi connectivity index (χ2n) is 5.73. The topological polar surface area (TPSA) is 28.0 Å². The van der Waals surface area contributed by atoms with Gasteiger partial charge in [-0.3, -0.25) is 10.0 Å². The predicted molar refractivity (Wildman–Crippen MR) is 107 cm³/mol. The minimum Gasteiger partial charge on any atom is -0.264 e. The zero-order chi connectivity index (χ0) is 20.9. The minimum absolute atomic E-state index is 0.0955. The molecule has 3 nitrogen and oxygen atoms in total. The first-order chi connectivity index (χ1) is 13.1. The molecule has 2 rings (SSSR count). The maximum absolute atomic E-state index is 14.3. The molecule has 0 radical (unpaired) electrons. The van der Waals surface area contributed by atoms with Crippen LogP contribution in [-0.4, -0.2) is 26.3 Å². The van der Waals surface area contributed by atoms with Crippen LogP contribution in [0, 0.1) is 5.82 Å². The number of benzene rings is 2. The Morgan fingerprint density at radius 1 is 1.11 bits per heavy atom. The van der Waals surface area contributed by atoms with Crippen LogP contribution in [0.2, 0.25) is 10.0 Å². The number of anilines is 1. The van der Waals surface area contributed by atoms with Crippen molar-refractivity contribution < 1.29 is 17.6 Å². The van der Waals surface area contributed by atoms with Gasteiger partial charge in [-0.05, 0) is 48.2 Å². The van der Waals surface area contributed by atoms with Crippen LogP contribution in [-0.2, 0) is 0 Å². The van der Waals surface area contributed by atoms with Gasteiger partial charge in [0.1, 0.15) is 12.2 Å². The summed E-state index contributed by atoms with van der Waals surface area (Å²) in [6.07, 6.45) is -1.32. The van der Waals surface area contributed by atoms with Gasteiger partial charge in [0.05, 0.1) is 11.6 Å². The second-order valence-corrected chi connectivity index (χ2v) is 6.60. The van der Waals surface area contributed by atoms with Crippen LogP contribution in [0.1, 0.15) is 17.0 Å². The Kier molecular flexibility index (Phi) is 7.21. The molecule has 0 saturated carbocycles. The minimum atomic E-state index is -4.57. The van der Waals surface area contributed by atoms with Crippen LogP contribution in [0.15, 0.2) is 52.6 Å². The molecular weight excluding hydrogens is 417 g/mol. The Labute approximate surface area is 169 Å². The highest BCUT2D eigenvalue weighted by Gasteiger charge is 2.39. The molecule has 0 N–H and O–H groups in total. The third-order valence-electron chi connectivity index (χ3n) is 3.70. The van der Waals surface area contributed by atoms with Crippen molar-refractivity contribution in [2.45, 2.75) is 12.1 Å². The van der Waals surface area contributed by atoms with E-state index in [1.54, 1.807) is 0 Å². The smallest absolute Gasteiger partial charge is 0.264 e. The molecule has 0 fully saturated rings. The predicted octanol–water partition coefficient (Wildman–Crippen LogP) is 6.57. The average molecular weight is 432 g/mol. The average Bonchev–Trinajstić information content (AvgIpc) is 2.58. The number of aliphatic imine (C=N–C) groups is 1. The van der Waals surface area contributed by atoms with Crippen molar-refractivity contribution in [3.8, 4) is 0 Å². The highest BCUT2D eigenvalue weighted by atomic mass is 35.5. The van der Waals surface area contributed by atoms with Crippen molar-refractivity contribution in [3.05, 3.63) is 69.5 Å². The number of hydrazone groups is 1. The lowest BCUT2D eigenvalue weighted by Gasteiger charge is -2.18. The zero-order valence-corrected chi connectivity index (χ0v) is 16.1. The van der Waals surface area contributed by atoms with Crippen molar-refractivity contribution in [3.63, 3.8) is 0 Å². The molecule has 0 spiro atoms. The van der Waals surface area contributed by atoms with Crippen molar-refractivity contribution in [2.75, 3.05) is 12.1 Å². The summed E-state index contributed by atoms with van der Waals surface area (Å²) in [5.74, 6) is -2.60. The first kappa shape index (κ1) is 21.9. The van der Waals surface area contributed by atoms with Gasteiger partial charge in [-0.1, -0.05) is 41.4 Å². The van der Waals surface area contributed by atoms with Crippen LogP contribution in [0.5, 0.6) is 0 Å². The molecule has 2 aromatic carbocycles. The largest absolute Gasteiger partial charge is 0.399 e. The monoisotopic (exact) mass is 431 g/mol. The van der Waals surface area contributed by atoms with E-state index < -0.39 is 17.9 Å². The maximum Gasteiger partial charge on any atom is 0.399 e. The Morgan fingerprint density at radius 2 is 1.75 bits per heavy atom. The number of alkyl halides is 3. The Morgan fingerprint density at radius 3 is 2.29 bits per heavy atom. The fraction of sp³-hybridized carbons (Fsp3) is 0.158. The number of allylic oxidation sites excluding steroid dienone is 1. The van der Waals surface area contributed by atoms with Gasteiger partial charge in [0, 0.05) is 17.1 Å². The second kappa shape index (κ2) is 9.21. The molecule has 0 heterocycles. The third kappa shape index (κ3) is 5.81. The quantitative estimate of drug-likeness (QED) is 0.220. The Bertz CT molecular complexity index is 890. The van der Waals surface area contributed by atoms with E-state index in [-0.39, 0.29) is 26.9 Å². The molecule has 1 atom stereocenters. The fourth-order valence-corrected chi connectivity index (χ4v) is 2.98. The van der Waals surface area contributed by atoms with E-state index in [2.05, 4.69) is 16.8 Å². The van der Waals surface area contributed by atoms with E-state index >= 15 is 0 Å². The number of hydrogen-bond acceptors (Lipinski definition) is 2. The van der Waals surface area contributed by atoms with E-state index in [1.807, 2.05) is 0 Å². The standard InChI is InChI=1S/C19H15Cl2F4N3/c1-26-11-27-28(2)18-6-4-12(7-17(18)22)3-5-16(19(23,24)25)13-8-14(20)10-15(21)9-13/h3-11,16H,1H2,2H3/b5-3+,27-11-. The molecule has 1 unspecified atom stereocenters. The van der Waals surface area contributed by atoms with E-state index in [0.717, 1.165) is 18.5 Å². The SMILES string of the molecule is C=N/C=N\N(C)c1ccc(/C=C/C(c2cc(Cl)cc(Cl)c2)C(F)(F)F)cc1F. The van der Waals surface area contributed by atoms with Crippen LogP contribution >= 0.6 is 23.2 Å². The Hall–Kier alpha value is -2.38. The van der Waals surface area contributed by atoms with Gasteiger partial charge in [0.15, 0.2) is 0 Å². The van der Waals surface area contributed by atoms with Crippen LogP contribution in [0.3, 0.4) is 0 Å². The molecule has 0 aromatic heterocycles. The van der Waals surface area contributed by atoms with E-state index in [9.17, 15) is 17.6 Å². The summed E-state index contributed by atoms with van der Waals surface area (Å²) in [5, 5.41) is 5.23. The van der Waals surface area contributed by atoms with Gasteiger partial charge in [-0.2, -0.15) is 18.3 Å². The molecule has 0 aliphatic carbocycles. The van der Waals surface area contributed by atoms with Crippen LogP contribution in [0.25, 0.3) is 6.08 Å². The number of nitrogens with zero attached hydrogens (tertiary/aromatic N) is 3. The van der Waals surface area contributed by atoms with Gasteiger partial charge < -0.3 is 0 Å². The van der Waals surface area contributed by atoms with Crippen molar-refractivity contribution in [1.82, 2.24) is 0 Å². The third-order valence-corrected chi connectivity index (χ3v) is 4.14. The first-order valence-corrected chi connectivity index (χ1v) is 8.60. The summed E-state index contributed by atoms with van der Waals surface area (Å²) in [5.41, 5.74) is 0.276. The molecule has 28 heavy (non-hydrogen) atoms. The normalized spacial score (nSPS) is 13.2. The summed E-state index contributed by atoms with van der Waals surface area (Å²) in [7, 11) is 1.50. The van der Waals surface area contributed by atoms with Crippen molar-refractivity contribution >= 4 is 48.0 Å². The number of halogens is 6. The fourth-order valence-electron chi connectivity index (χ4n) is 2.44. The van der Waals surface area contributed by atoms with Gasteiger partial charge in [0.2, 0.25) is 0 Å². The van der Waals surface area contributed by atoms with Gasteiger partial charge in [0.25, 0.3) is 0 Å². The molecule has 0 aliphatic rings. The van der Waals surface area contributed by atoms with E-state index in [0.29, 0.717) is 0 Å². The molecule has 0 saturated heterocycles. The van der Waals surface area contributed by atoms with Gasteiger partial charge in [-0.15, -0.1) is 0 Å². The number of rotatable bonds is 6. The molecule has 9 heteroatoms. The summed E-state index contributed by atoms with van der Waals surface area (Å²) >= 11 is 11.6. The highest BCUT2D eigenvalue weighted by Crippen LogP contribution is 2.38. The Balaban J connectivity index is 2.33. The van der Waals surface area contributed by atoms with Crippen LogP contribution < -0.4 is 5.01 Å². The number of hydrogen-bond donors (Lipinski definition) is 0. The summed E-state index contributed by atoms with van der Waals surface area (Å²) in [4.78, 5) is 3.42. The molecule has 0 aliphatic heterocycles. The van der Waals surface area contributed by atoms with Gasteiger partial charge in [-0.25, -0.2) is 4.39 Å². The molecular formula is C19H15Cl2F4N3. The summed E-state index contributed by atoms with van der Waals surface area (Å²) in [6, 6.07) is 7.71. The van der Waals surface area contributed by atoms with E-state index in [4.69, 9.17) is 23.2 Å². The van der Waals surface area contributed by atoms with Crippen molar-refractivity contribution in [1.29, 1.82) is 0 Å². The molecule has 148 valence electrons. The zero-order valence-electron chi connectivity index (χ0n) is 14.6. The lowest BCUT2D eigenvalue weighted by Crippen LogP contribution is -2.18. The van der Waals surface area contributed by atoms with Crippen LogP contribution in [0.4, 0.5) is 23.2 Å². The summed E-state index contributed by atoms with van der Waals surface area (Å²) < 4.78 is 54.7. The van der Waals surface area contributed by atoms with Crippen molar-refractivity contribution in [2.24, 2.45) is 10.1 Å². The van der Waals surface area contributed by atoms with Gasteiger partial charge >= 0.3 is 6.18 Å². The van der Waals surface area contributed by atoms with E-state index in [1.165, 1.54) is 48.5 Å². The lowest BCUT2D eigenvalue weighted by atomic mass is 9.97. The lowest BCUT2D eigenvalue weighted by molar-refractivity contribution is -0.139. The first-order valence-electron chi connectivity index (χ1n) is 7.84. The highest BCUT2D eigenvalue weighted by molar-refractivity contribution is 6.34. The maximum atomic E-state index is 14.3. The summed E-state index contributed by atoms with van der Waals surface area (Å²) in [6.45, 7) is 3.22.